The van der Waals surface area contributed by atoms with Crippen molar-refractivity contribution in [2.24, 2.45) is 0 Å². The van der Waals surface area contributed by atoms with Gasteiger partial charge in [0, 0.05) is 29.6 Å². The molecule has 3 heterocycles. The highest BCUT2D eigenvalue weighted by atomic mass is 35.5. The molecule has 0 aliphatic carbocycles. The highest BCUT2D eigenvalue weighted by Crippen LogP contribution is 2.35. The second kappa shape index (κ2) is 8.64. The Hall–Kier alpha value is -2.97. The first-order valence-corrected chi connectivity index (χ1v) is 10.8. The zero-order valence-electron chi connectivity index (χ0n) is 16.9. The Morgan fingerprint density at radius 1 is 1.23 bits per heavy atom. The number of pyridine rings is 1. The van der Waals surface area contributed by atoms with Crippen LogP contribution in [0.1, 0.15) is 23.4 Å². The molecule has 4 aromatic rings. The van der Waals surface area contributed by atoms with Crippen LogP contribution in [0, 0.1) is 13.8 Å². The number of rotatable bonds is 6. The molecule has 1 aromatic carbocycles. The van der Waals surface area contributed by atoms with Crippen molar-refractivity contribution in [3.8, 4) is 22.8 Å². The normalized spacial score (nSPS) is 12.1. The molecule has 31 heavy (non-hydrogen) atoms. The lowest BCUT2D eigenvalue weighted by Crippen LogP contribution is -2.22. The van der Waals surface area contributed by atoms with E-state index in [0.717, 1.165) is 17.0 Å². The summed E-state index contributed by atoms with van der Waals surface area (Å²) in [7, 11) is 0. The van der Waals surface area contributed by atoms with Crippen LogP contribution in [-0.2, 0) is 0 Å². The first-order chi connectivity index (χ1) is 14.9. The lowest BCUT2D eigenvalue weighted by atomic mass is 10.1. The van der Waals surface area contributed by atoms with Crippen molar-refractivity contribution in [2.45, 2.75) is 20.3 Å². The Kier molecular flexibility index (Phi) is 5.93. The fourth-order valence-electron chi connectivity index (χ4n) is 3.23. The van der Waals surface area contributed by atoms with Crippen LogP contribution in [0.5, 0.6) is 11.5 Å². The first-order valence-electron chi connectivity index (χ1n) is 9.56. The van der Waals surface area contributed by atoms with Gasteiger partial charge in [-0.05, 0) is 49.8 Å². The van der Waals surface area contributed by atoms with E-state index < -0.39 is 6.67 Å². The van der Waals surface area contributed by atoms with Gasteiger partial charge in [0.1, 0.15) is 0 Å². The van der Waals surface area contributed by atoms with Gasteiger partial charge in [0.2, 0.25) is 0 Å². The SMILES string of the molecule is Cc1cc(-c2cn3c(=O)c(=Cc4cc(Cl)c(O)c(OCCCF)c4)sc3n2)cc(C)n1. The van der Waals surface area contributed by atoms with Crippen LogP contribution >= 0.6 is 22.9 Å². The third-order valence-corrected chi connectivity index (χ3v) is 5.84. The summed E-state index contributed by atoms with van der Waals surface area (Å²) in [6.45, 7) is 3.42. The number of hydrogen-bond donors (Lipinski definition) is 1. The topological polar surface area (TPSA) is 76.7 Å². The van der Waals surface area contributed by atoms with E-state index >= 15 is 0 Å². The summed E-state index contributed by atoms with van der Waals surface area (Å²) in [6.07, 6.45) is 3.58. The fourth-order valence-corrected chi connectivity index (χ4v) is 4.40. The smallest absolute Gasteiger partial charge is 0.274 e. The van der Waals surface area contributed by atoms with Crippen molar-refractivity contribution in [2.75, 3.05) is 13.3 Å². The molecule has 3 aromatic heterocycles. The Bertz CT molecular complexity index is 1360. The van der Waals surface area contributed by atoms with Crippen LogP contribution in [0.15, 0.2) is 35.3 Å². The van der Waals surface area contributed by atoms with E-state index in [1.165, 1.54) is 21.8 Å². The quantitative estimate of drug-likeness (QED) is 0.440. The molecule has 0 saturated heterocycles. The molecule has 0 aliphatic heterocycles. The van der Waals surface area contributed by atoms with Crippen molar-refractivity contribution in [1.29, 1.82) is 0 Å². The summed E-state index contributed by atoms with van der Waals surface area (Å²) in [4.78, 5) is 22.4. The van der Waals surface area contributed by atoms with Gasteiger partial charge in [-0.15, -0.1) is 0 Å². The molecule has 160 valence electrons. The maximum absolute atomic E-state index is 12.9. The van der Waals surface area contributed by atoms with Crippen molar-refractivity contribution in [1.82, 2.24) is 14.4 Å². The number of phenolic OH excluding ortho intramolecular Hbond substituents is 1. The van der Waals surface area contributed by atoms with Gasteiger partial charge < -0.3 is 9.84 Å². The zero-order valence-corrected chi connectivity index (χ0v) is 18.4. The van der Waals surface area contributed by atoms with Crippen LogP contribution in [0.2, 0.25) is 5.02 Å². The predicted octanol–water partition coefficient (Wildman–Crippen LogP) is 4.08. The summed E-state index contributed by atoms with van der Waals surface area (Å²) in [6, 6.07) is 6.96. The van der Waals surface area contributed by atoms with E-state index in [1.807, 2.05) is 26.0 Å². The standard InChI is InChI=1S/C22H19ClFN3O3S/c1-12-6-15(7-13(2)25-12)17-11-27-21(29)19(31-22(27)26-17)10-14-8-16(23)20(28)18(9-14)30-5-3-4-24/h6-11,28H,3-5H2,1-2H3. The van der Waals surface area contributed by atoms with Gasteiger partial charge >= 0.3 is 0 Å². The number of imidazole rings is 1. The van der Waals surface area contributed by atoms with Crippen LogP contribution in [-0.4, -0.2) is 32.8 Å². The van der Waals surface area contributed by atoms with Gasteiger partial charge in [-0.2, -0.15) is 0 Å². The molecule has 4 rings (SSSR count). The number of nitrogens with zero attached hydrogens (tertiary/aromatic N) is 3. The summed E-state index contributed by atoms with van der Waals surface area (Å²) in [5.41, 5.74) is 3.77. The minimum Gasteiger partial charge on any atom is -0.503 e. The van der Waals surface area contributed by atoms with Gasteiger partial charge in [0.05, 0.1) is 28.5 Å². The minimum atomic E-state index is -0.518. The molecule has 0 fully saturated rings. The summed E-state index contributed by atoms with van der Waals surface area (Å²) in [5, 5.41) is 10.1. The Morgan fingerprint density at radius 2 is 1.97 bits per heavy atom. The van der Waals surface area contributed by atoms with Gasteiger partial charge in [-0.3, -0.25) is 18.6 Å². The number of hydrogen-bond acceptors (Lipinski definition) is 6. The number of fused-ring (bicyclic) bond motifs is 1. The average Bonchev–Trinajstić information content (AvgIpc) is 3.25. The number of phenols is 1. The van der Waals surface area contributed by atoms with E-state index in [2.05, 4.69) is 9.97 Å². The lowest BCUT2D eigenvalue weighted by molar-refractivity contribution is 0.277. The van der Waals surface area contributed by atoms with Gasteiger partial charge in [0.25, 0.3) is 5.56 Å². The Balaban J connectivity index is 1.73. The number of thiazole rings is 1. The minimum absolute atomic E-state index is 0.0866. The van der Waals surface area contributed by atoms with E-state index in [0.29, 0.717) is 20.8 Å². The molecular formula is C22H19ClFN3O3S. The third kappa shape index (κ3) is 4.40. The molecule has 0 radical (unpaired) electrons. The second-order valence-corrected chi connectivity index (χ2v) is 8.49. The number of benzene rings is 1. The van der Waals surface area contributed by atoms with E-state index in [4.69, 9.17) is 16.3 Å². The summed E-state index contributed by atoms with van der Waals surface area (Å²) in [5.74, 6) is -0.0692. The van der Waals surface area contributed by atoms with Crippen LogP contribution in [0.4, 0.5) is 4.39 Å². The largest absolute Gasteiger partial charge is 0.503 e. The van der Waals surface area contributed by atoms with Gasteiger partial charge in [-0.25, -0.2) is 4.98 Å². The molecule has 9 heteroatoms. The predicted molar refractivity (Wildman–Crippen MR) is 120 cm³/mol. The Morgan fingerprint density at radius 3 is 2.65 bits per heavy atom. The maximum atomic E-state index is 12.9. The number of aryl methyl sites for hydroxylation is 2. The number of aromatic nitrogens is 3. The number of halogens is 2. The third-order valence-electron chi connectivity index (χ3n) is 4.57. The van der Waals surface area contributed by atoms with E-state index in [1.54, 1.807) is 18.3 Å². The highest BCUT2D eigenvalue weighted by Gasteiger charge is 2.13. The van der Waals surface area contributed by atoms with Crippen molar-refractivity contribution < 1.29 is 14.2 Å². The first kappa shape index (κ1) is 21.3. The molecule has 0 amide bonds. The zero-order chi connectivity index (χ0) is 22.1. The van der Waals surface area contributed by atoms with Crippen LogP contribution in [0.3, 0.4) is 0 Å². The fraction of sp³-hybridized carbons (Fsp3) is 0.227. The van der Waals surface area contributed by atoms with Crippen molar-refractivity contribution in [3.05, 3.63) is 67.3 Å². The maximum Gasteiger partial charge on any atom is 0.274 e. The van der Waals surface area contributed by atoms with Crippen molar-refractivity contribution >= 4 is 34.0 Å². The molecule has 0 bridgehead atoms. The molecule has 0 saturated carbocycles. The Labute approximate surface area is 186 Å². The lowest BCUT2D eigenvalue weighted by Gasteiger charge is -2.09. The number of aromatic hydroxyl groups is 1. The van der Waals surface area contributed by atoms with Crippen molar-refractivity contribution in [3.63, 3.8) is 0 Å². The average molecular weight is 460 g/mol. The van der Waals surface area contributed by atoms with Gasteiger partial charge in [-0.1, -0.05) is 22.9 Å². The van der Waals surface area contributed by atoms with Crippen LogP contribution < -0.4 is 14.8 Å². The molecule has 0 aliphatic rings. The molecule has 1 N–H and O–H groups in total. The summed E-state index contributed by atoms with van der Waals surface area (Å²) >= 11 is 7.34. The molecular weight excluding hydrogens is 441 g/mol. The molecule has 0 spiro atoms. The van der Waals surface area contributed by atoms with E-state index in [9.17, 15) is 14.3 Å². The van der Waals surface area contributed by atoms with Gasteiger partial charge in [0.15, 0.2) is 16.5 Å². The second-order valence-electron chi connectivity index (χ2n) is 7.07. The molecule has 0 unspecified atom stereocenters. The summed E-state index contributed by atoms with van der Waals surface area (Å²) < 4.78 is 19.7. The molecule has 6 nitrogen and oxygen atoms in total. The van der Waals surface area contributed by atoms with E-state index in [-0.39, 0.29) is 35.1 Å². The molecule has 0 atom stereocenters. The monoisotopic (exact) mass is 459 g/mol. The number of alkyl halides is 1. The highest BCUT2D eigenvalue weighted by molar-refractivity contribution is 7.15. The number of ether oxygens (including phenoxy) is 1. The van der Waals surface area contributed by atoms with Crippen LogP contribution in [0.25, 0.3) is 22.3 Å².